The van der Waals surface area contributed by atoms with Crippen molar-refractivity contribution in [2.75, 3.05) is 0 Å². The molecule has 3 nitrogen and oxygen atoms in total. The molecule has 0 saturated carbocycles. The fourth-order valence-electron chi connectivity index (χ4n) is 1.01. The van der Waals surface area contributed by atoms with Crippen LogP contribution in [0, 0.1) is 0 Å². The first-order valence-electron chi connectivity index (χ1n) is 3.04. The molecular formula is C5H9NO2Si. The number of aldehydes is 1. The van der Waals surface area contributed by atoms with E-state index >= 15 is 0 Å². The average Bonchev–Trinajstić information content (AvgIpc) is 1.83. The molecule has 0 aromatic rings. The van der Waals surface area contributed by atoms with Gasteiger partial charge in [0.05, 0.1) is 12.5 Å². The minimum Gasteiger partial charge on any atom is -0.366 e. The van der Waals surface area contributed by atoms with E-state index in [2.05, 4.69) is 0 Å². The summed E-state index contributed by atoms with van der Waals surface area (Å²) in [7, 11) is -0.428. The van der Waals surface area contributed by atoms with Gasteiger partial charge in [0.2, 0.25) is 5.91 Å². The van der Waals surface area contributed by atoms with Crippen molar-refractivity contribution in [2.24, 2.45) is 0 Å². The molecule has 1 unspecified atom stereocenters. The minimum atomic E-state index is -0.428. The van der Waals surface area contributed by atoms with E-state index < -0.39 is 9.68 Å². The van der Waals surface area contributed by atoms with Gasteiger partial charge >= 0.3 is 0 Å². The molecule has 50 valence electrons. The zero-order valence-electron chi connectivity index (χ0n) is 5.33. The predicted octanol–water partition coefficient (Wildman–Crippen LogP) is -1.08. The molecule has 1 fully saturated rings. The van der Waals surface area contributed by atoms with Crippen LogP contribution in [0.3, 0.4) is 0 Å². The molecule has 0 radical (unpaired) electrons. The first kappa shape index (κ1) is 6.48. The molecule has 0 bridgehead atoms. The van der Waals surface area contributed by atoms with Gasteiger partial charge in [0.15, 0.2) is 0 Å². The summed E-state index contributed by atoms with van der Waals surface area (Å²) >= 11 is 0. The molecule has 1 aliphatic rings. The number of rotatable bonds is 2. The number of β-lactam (4-membered cyclic amide) rings is 1. The Kier molecular flexibility index (Phi) is 1.66. The van der Waals surface area contributed by atoms with Crippen LogP contribution in [-0.2, 0) is 9.59 Å². The van der Waals surface area contributed by atoms with Gasteiger partial charge in [-0.25, -0.2) is 0 Å². The summed E-state index contributed by atoms with van der Waals surface area (Å²) in [6, 6.07) is -0.0610. The average molecular weight is 143 g/mol. The van der Waals surface area contributed by atoms with Crippen molar-refractivity contribution in [3.8, 4) is 0 Å². The fraction of sp³-hybridized carbons (Fsp3) is 0.600. The van der Waals surface area contributed by atoms with E-state index in [4.69, 9.17) is 0 Å². The Morgan fingerprint density at radius 1 is 1.89 bits per heavy atom. The lowest BCUT2D eigenvalue weighted by Gasteiger charge is -2.36. The van der Waals surface area contributed by atoms with Crippen LogP contribution in [0.5, 0.6) is 0 Å². The van der Waals surface area contributed by atoms with Crippen molar-refractivity contribution in [1.29, 1.82) is 0 Å². The van der Waals surface area contributed by atoms with E-state index in [0.717, 1.165) is 6.29 Å². The standard InChI is InChI=1S/C5H9NO2Si/c1-9-6-4(3-7)2-5(6)8/h3-4H,2,9H2,1H3. The van der Waals surface area contributed by atoms with Gasteiger partial charge < -0.3 is 9.36 Å². The molecule has 1 aliphatic heterocycles. The Labute approximate surface area is 55.9 Å². The third kappa shape index (κ3) is 0.895. The Hall–Kier alpha value is -0.643. The molecular weight excluding hydrogens is 134 g/mol. The first-order chi connectivity index (χ1) is 4.29. The minimum absolute atomic E-state index is 0.0610. The van der Waals surface area contributed by atoms with Crippen molar-refractivity contribution in [1.82, 2.24) is 4.57 Å². The van der Waals surface area contributed by atoms with E-state index in [0.29, 0.717) is 6.42 Å². The lowest BCUT2D eigenvalue weighted by atomic mass is 10.1. The van der Waals surface area contributed by atoms with Crippen LogP contribution in [0.25, 0.3) is 0 Å². The number of amides is 1. The van der Waals surface area contributed by atoms with Crippen LogP contribution < -0.4 is 0 Å². The van der Waals surface area contributed by atoms with Gasteiger partial charge in [-0.1, -0.05) is 6.55 Å². The van der Waals surface area contributed by atoms with Gasteiger partial charge in [-0.15, -0.1) is 0 Å². The zero-order chi connectivity index (χ0) is 6.85. The van der Waals surface area contributed by atoms with E-state index in [1.807, 2.05) is 6.55 Å². The van der Waals surface area contributed by atoms with Crippen LogP contribution in [-0.4, -0.2) is 32.5 Å². The van der Waals surface area contributed by atoms with E-state index in [1.54, 1.807) is 4.57 Å². The van der Waals surface area contributed by atoms with E-state index in [9.17, 15) is 9.59 Å². The van der Waals surface area contributed by atoms with Gasteiger partial charge in [-0.05, 0) is 0 Å². The Bertz CT molecular complexity index is 148. The van der Waals surface area contributed by atoms with E-state index in [-0.39, 0.29) is 11.9 Å². The van der Waals surface area contributed by atoms with Crippen LogP contribution in [0.4, 0.5) is 0 Å². The molecule has 4 heteroatoms. The lowest BCUT2D eigenvalue weighted by molar-refractivity contribution is -0.141. The van der Waals surface area contributed by atoms with Gasteiger partial charge in [-0.2, -0.15) is 0 Å². The number of hydrogen-bond donors (Lipinski definition) is 0. The van der Waals surface area contributed by atoms with Gasteiger partial charge in [0.25, 0.3) is 0 Å². The summed E-state index contributed by atoms with van der Waals surface area (Å²) in [4.78, 5) is 20.8. The monoisotopic (exact) mass is 143 g/mol. The van der Waals surface area contributed by atoms with E-state index in [1.165, 1.54) is 0 Å². The molecule has 1 amide bonds. The largest absolute Gasteiger partial charge is 0.366 e. The maximum atomic E-state index is 10.6. The Morgan fingerprint density at radius 3 is 2.78 bits per heavy atom. The third-order valence-corrected chi connectivity index (χ3v) is 3.11. The van der Waals surface area contributed by atoms with Gasteiger partial charge in [0.1, 0.15) is 16.0 Å². The molecule has 0 aliphatic carbocycles. The molecule has 1 rings (SSSR count). The number of carbonyl (C=O) groups is 2. The lowest BCUT2D eigenvalue weighted by Crippen LogP contribution is -2.54. The SMILES string of the molecule is C[SiH2]N1C(=O)CC1C=O. The summed E-state index contributed by atoms with van der Waals surface area (Å²) in [6.07, 6.45) is 1.31. The van der Waals surface area contributed by atoms with Crippen molar-refractivity contribution in [2.45, 2.75) is 19.0 Å². The topological polar surface area (TPSA) is 37.4 Å². The maximum Gasteiger partial charge on any atom is 0.217 e. The fourth-order valence-corrected chi connectivity index (χ4v) is 2.18. The number of hydrogen-bond acceptors (Lipinski definition) is 2. The highest BCUT2D eigenvalue weighted by atomic mass is 28.2. The third-order valence-electron chi connectivity index (χ3n) is 1.60. The Balaban J connectivity index is 2.46. The van der Waals surface area contributed by atoms with Crippen molar-refractivity contribution in [3.63, 3.8) is 0 Å². The molecule has 9 heavy (non-hydrogen) atoms. The second-order valence-electron chi connectivity index (χ2n) is 2.09. The summed E-state index contributed by atoms with van der Waals surface area (Å²) < 4.78 is 1.70. The molecule has 1 saturated heterocycles. The second kappa shape index (κ2) is 2.30. The normalized spacial score (nSPS) is 27.0. The van der Waals surface area contributed by atoms with Crippen LogP contribution in [0.2, 0.25) is 6.55 Å². The molecule has 0 aromatic carbocycles. The highest BCUT2D eigenvalue weighted by Gasteiger charge is 2.33. The number of nitrogens with zero attached hydrogens (tertiary/aromatic N) is 1. The smallest absolute Gasteiger partial charge is 0.217 e. The predicted molar refractivity (Wildman–Crippen MR) is 35.7 cm³/mol. The first-order valence-corrected chi connectivity index (χ1v) is 5.09. The number of carbonyl (C=O) groups excluding carboxylic acids is 2. The van der Waals surface area contributed by atoms with Crippen LogP contribution in [0.15, 0.2) is 0 Å². The molecule has 0 spiro atoms. The quantitative estimate of drug-likeness (QED) is 0.280. The summed E-state index contributed by atoms with van der Waals surface area (Å²) in [5.74, 6) is 0.154. The highest BCUT2D eigenvalue weighted by molar-refractivity contribution is 6.37. The highest BCUT2D eigenvalue weighted by Crippen LogP contribution is 2.14. The molecule has 1 atom stereocenters. The summed E-state index contributed by atoms with van der Waals surface area (Å²) in [5, 5.41) is 0. The second-order valence-corrected chi connectivity index (χ2v) is 3.40. The summed E-state index contributed by atoms with van der Waals surface area (Å²) in [6.45, 7) is 2.01. The van der Waals surface area contributed by atoms with Crippen molar-refractivity contribution < 1.29 is 9.59 Å². The van der Waals surface area contributed by atoms with Crippen molar-refractivity contribution in [3.05, 3.63) is 0 Å². The van der Waals surface area contributed by atoms with Crippen LogP contribution in [0.1, 0.15) is 6.42 Å². The molecule has 0 aromatic heterocycles. The zero-order valence-corrected chi connectivity index (χ0v) is 6.75. The van der Waals surface area contributed by atoms with Gasteiger partial charge in [0, 0.05) is 0 Å². The van der Waals surface area contributed by atoms with Crippen molar-refractivity contribution >= 4 is 21.9 Å². The summed E-state index contributed by atoms with van der Waals surface area (Å²) in [5.41, 5.74) is 0. The molecule has 0 N–H and O–H groups in total. The van der Waals surface area contributed by atoms with Gasteiger partial charge in [-0.3, -0.25) is 4.79 Å². The van der Waals surface area contributed by atoms with Crippen LogP contribution >= 0.6 is 0 Å². The maximum absolute atomic E-state index is 10.6. The Morgan fingerprint density at radius 2 is 2.56 bits per heavy atom. The molecule has 1 heterocycles.